The second-order valence-electron chi connectivity index (χ2n) is 9.08. The zero-order valence-corrected chi connectivity index (χ0v) is 17.0. The largest absolute Gasteiger partial charge is 0.360 e. The molecule has 1 fully saturated rings. The van der Waals surface area contributed by atoms with Crippen molar-refractivity contribution in [3.63, 3.8) is 0 Å². The van der Waals surface area contributed by atoms with Gasteiger partial charge in [0.15, 0.2) is 0 Å². The number of hydrogen-bond acceptors (Lipinski definition) is 2. The lowest BCUT2D eigenvalue weighted by atomic mass is 9.86. The van der Waals surface area contributed by atoms with Crippen molar-refractivity contribution < 1.29 is 4.39 Å². The van der Waals surface area contributed by atoms with Crippen molar-refractivity contribution in [2.24, 2.45) is 5.41 Å². The van der Waals surface area contributed by atoms with Crippen LogP contribution in [0, 0.1) is 11.2 Å². The first-order chi connectivity index (χ1) is 14.0. The number of aromatic amines is 1. The van der Waals surface area contributed by atoms with Gasteiger partial charge >= 0.3 is 0 Å². The van der Waals surface area contributed by atoms with E-state index in [2.05, 4.69) is 41.0 Å². The van der Waals surface area contributed by atoms with Crippen molar-refractivity contribution in [2.45, 2.75) is 32.7 Å². The van der Waals surface area contributed by atoms with Crippen LogP contribution in [-0.4, -0.2) is 34.0 Å². The number of aromatic nitrogens is 2. The maximum Gasteiger partial charge on any atom is 0.123 e. The summed E-state index contributed by atoms with van der Waals surface area (Å²) in [6.45, 7) is 6.93. The number of benzene rings is 1. The molecule has 2 aliphatic heterocycles. The number of nitrogens with zero attached hydrogens (tertiary/aromatic N) is 2. The Morgan fingerprint density at radius 2 is 1.83 bits per heavy atom. The molecular formula is C25H26FN3. The summed E-state index contributed by atoms with van der Waals surface area (Å²) < 4.78 is 13.5. The Morgan fingerprint density at radius 1 is 1.07 bits per heavy atom. The van der Waals surface area contributed by atoms with Crippen molar-refractivity contribution in [1.29, 1.82) is 0 Å². The van der Waals surface area contributed by atoms with Crippen LogP contribution in [0.15, 0.2) is 61.1 Å². The fourth-order valence-electron chi connectivity index (χ4n) is 5.05. The lowest BCUT2D eigenvalue weighted by Crippen LogP contribution is -2.33. The van der Waals surface area contributed by atoms with Gasteiger partial charge in [0.1, 0.15) is 5.82 Å². The Morgan fingerprint density at radius 3 is 2.59 bits per heavy atom. The van der Waals surface area contributed by atoms with Crippen LogP contribution < -0.4 is 0 Å². The summed E-state index contributed by atoms with van der Waals surface area (Å²) in [5.41, 5.74) is 7.37. The highest BCUT2D eigenvalue weighted by atomic mass is 19.1. The van der Waals surface area contributed by atoms with Gasteiger partial charge in [0, 0.05) is 48.8 Å². The van der Waals surface area contributed by atoms with Gasteiger partial charge in [-0.05, 0) is 71.4 Å². The highest BCUT2D eigenvalue weighted by molar-refractivity contribution is 5.91. The van der Waals surface area contributed by atoms with E-state index in [1.165, 1.54) is 41.8 Å². The normalized spacial score (nSPS) is 21.1. The molecule has 0 aliphatic carbocycles. The van der Waals surface area contributed by atoms with Gasteiger partial charge < -0.3 is 4.98 Å². The zero-order valence-electron chi connectivity index (χ0n) is 17.0. The Kier molecular flexibility index (Phi) is 4.39. The molecule has 0 amide bonds. The van der Waals surface area contributed by atoms with Gasteiger partial charge in [-0.2, -0.15) is 0 Å². The van der Waals surface area contributed by atoms with Crippen LogP contribution in [0.25, 0.3) is 28.0 Å². The number of H-pyrrole nitrogens is 1. The van der Waals surface area contributed by atoms with Gasteiger partial charge in [-0.25, -0.2) is 4.39 Å². The van der Waals surface area contributed by atoms with Gasteiger partial charge in [0.25, 0.3) is 0 Å². The average molecular weight is 388 g/mol. The Hall–Kier alpha value is -2.72. The van der Waals surface area contributed by atoms with E-state index in [4.69, 9.17) is 0 Å². The second-order valence-corrected chi connectivity index (χ2v) is 9.08. The molecule has 0 saturated carbocycles. The fraction of sp³-hybridized carbons (Fsp3) is 0.320. The molecular weight excluding hydrogens is 361 g/mol. The van der Waals surface area contributed by atoms with E-state index in [0.717, 1.165) is 29.8 Å². The third-order valence-corrected chi connectivity index (χ3v) is 6.29. The molecule has 29 heavy (non-hydrogen) atoms. The number of fused-ring (bicyclic) bond motifs is 1. The molecule has 4 heterocycles. The van der Waals surface area contributed by atoms with Gasteiger partial charge in [0.2, 0.25) is 0 Å². The quantitative estimate of drug-likeness (QED) is 0.619. The number of halogens is 1. The van der Waals surface area contributed by atoms with Crippen molar-refractivity contribution in [3.05, 3.63) is 72.4 Å². The zero-order chi connectivity index (χ0) is 20.0. The molecule has 2 aliphatic rings. The van der Waals surface area contributed by atoms with Crippen LogP contribution in [0.1, 0.15) is 32.3 Å². The maximum atomic E-state index is 13.5. The molecule has 1 saturated heterocycles. The van der Waals surface area contributed by atoms with E-state index in [9.17, 15) is 4.39 Å². The minimum atomic E-state index is -0.218. The van der Waals surface area contributed by atoms with Gasteiger partial charge in [-0.15, -0.1) is 0 Å². The van der Waals surface area contributed by atoms with E-state index in [1.54, 1.807) is 0 Å². The molecule has 1 atom stereocenters. The van der Waals surface area contributed by atoms with E-state index in [1.807, 2.05) is 36.7 Å². The Bertz CT molecular complexity index is 1050. The summed E-state index contributed by atoms with van der Waals surface area (Å²) in [4.78, 5) is 10.3. The third kappa shape index (κ3) is 3.42. The number of nitrogens with one attached hydrogen (secondary N) is 1. The molecule has 0 radical (unpaired) electrons. The lowest BCUT2D eigenvalue weighted by molar-refractivity contribution is 0.262. The van der Waals surface area contributed by atoms with E-state index >= 15 is 0 Å². The van der Waals surface area contributed by atoms with Crippen molar-refractivity contribution in [2.75, 3.05) is 13.1 Å². The van der Waals surface area contributed by atoms with Gasteiger partial charge in [-0.3, -0.25) is 9.88 Å². The predicted octanol–water partition coefficient (Wildman–Crippen LogP) is 5.77. The van der Waals surface area contributed by atoms with E-state index in [-0.39, 0.29) is 5.82 Å². The van der Waals surface area contributed by atoms with Crippen LogP contribution in [0.2, 0.25) is 0 Å². The Balaban J connectivity index is 1.58. The topological polar surface area (TPSA) is 31.9 Å². The molecule has 0 bridgehead atoms. The predicted molar refractivity (Wildman–Crippen MR) is 116 cm³/mol. The monoisotopic (exact) mass is 387 g/mol. The van der Waals surface area contributed by atoms with Crippen LogP contribution in [-0.2, 0) is 0 Å². The molecule has 1 aromatic carbocycles. The van der Waals surface area contributed by atoms with E-state index < -0.39 is 0 Å². The minimum Gasteiger partial charge on any atom is -0.360 e. The molecule has 3 aromatic rings. The molecule has 148 valence electrons. The Labute approximate surface area is 171 Å². The number of pyridine rings is 1. The summed E-state index contributed by atoms with van der Waals surface area (Å²) in [5.74, 6) is -0.218. The molecule has 2 aromatic heterocycles. The molecule has 3 nitrogen and oxygen atoms in total. The molecule has 5 rings (SSSR count). The first-order valence-corrected chi connectivity index (χ1v) is 10.3. The van der Waals surface area contributed by atoms with Crippen LogP contribution in [0.5, 0.6) is 0 Å². The third-order valence-electron chi connectivity index (χ3n) is 6.29. The van der Waals surface area contributed by atoms with Crippen LogP contribution >= 0.6 is 0 Å². The maximum absolute atomic E-state index is 13.5. The average Bonchev–Trinajstić information content (AvgIpc) is 3.28. The minimum absolute atomic E-state index is 0.218. The highest BCUT2D eigenvalue weighted by Crippen LogP contribution is 2.44. The van der Waals surface area contributed by atoms with Crippen molar-refractivity contribution in [3.8, 4) is 22.4 Å². The number of rotatable bonds is 3. The standard InChI is InChI=1S/C25H26FN3/c1-25(2)14-21-13-19(9-12-29(21)16-25)22-15-28-24(18-3-5-20(26)6-4-18)23(22)17-7-10-27-11-8-17/h3-11,15,21,28H,12-14,16H2,1-2H3. The lowest BCUT2D eigenvalue weighted by Gasteiger charge is -2.29. The molecule has 1 unspecified atom stereocenters. The second kappa shape index (κ2) is 6.96. The van der Waals surface area contributed by atoms with Crippen LogP contribution in [0.3, 0.4) is 0 Å². The fourth-order valence-corrected chi connectivity index (χ4v) is 5.05. The SMILES string of the molecule is CC1(C)CC2CC(c3c[nH]c(-c4ccc(F)cc4)c3-c3ccncc3)=CCN2C1. The summed E-state index contributed by atoms with van der Waals surface area (Å²) in [6, 6.07) is 11.4. The summed E-state index contributed by atoms with van der Waals surface area (Å²) >= 11 is 0. The first kappa shape index (κ1) is 18.3. The summed E-state index contributed by atoms with van der Waals surface area (Å²) in [5, 5.41) is 0. The van der Waals surface area contributed by atoms with Gasteiger partial charge in [0.05, 0.1) is 5.69 Å². The number of hydrogen-bond donors (Lipinski definition) is 1. The highest BCUT2D eigenvalue weighted by Gasteiger charge is 2.39. The van der Waals surface area contributed by atoms with Crippen molar-refractivity contribution >= 4 is 5.57 Å². The summed E-state index contributed by atoms with van der Waals surface area (Å²) in [7, 11) is 0. The smallest absolute Gasteiger partial charge is 0.123 e. The van der Waals surface area contributed by atoms with E-state index in [0.29, 0.717) is 11.5 Å². The summed E-state index contributed by atoms with van der Waals surface area (Å²) in [6.07, 6.45) is 10.5. The van der Waals surface area contributed by atoms with Crippen molar-refractivity contribution in [1.82, 2.24) is 14.9 Å². The molecule has 0 spiro atoms. The van der Waals surface area contributed by atoms with Gasteiger partial charge in [-0.1, -0.05) is 19.9 Å². The molecule has 4 heteroatoms. The molecule has 1 N–H and O–H groups in total. The first-order valence-electron chi connectivity index (χ1n) is 10.3. The van der Waals surface area contributed by atoms with Crippen LogP contribution in [0.4, 0.5) is 4.39 Å².